The zero-order valence-corrected chi connectivity index (χ0v) is 10.5. The Labute approximate surface area is 110 Å². The summed E-state index contributed by atoms with van der Waals surface area (Å²) in [5.41, 5.74) is -1.58. The van der Waals surface area contributed by atoms with Gasteiger partial charge in [0.2, 0.25) is 0 Å². The Morgan fingerprint density at radius 2 is 1.84 bits per heavy atom. The van der Waals surface area contributed by atoms with Gasteiger partial charge in [0.25, 0.3) is 0 Å². The zero-order chi connectivity index (χ0) is 14.6. The van der Waals surface area contributed by atoms with Crippen LogP contribution in [0.15, 0.2) is 0 Å². The van der Waals surface area contributed by atoms with Crippen molar-refractivity contribution in [3.63, 3.8) is 0 Å². The molecule has 0 aromatic carbocycles. The second-order valence-electron chi connectivity index (χ2n) is 4.43. The highest BCUT2D eigenvalue weighted by Crippen LogP contribution is 2.26. The van der Waals surface area contributed by atoms with Gasteiger partial charge in [0.15, 0.2) is 11.9 Å². The van der Waals surface area contributed by atoms with Gasteiger partial charge in [-0.1, -0.05) is 6.92 Å². The molecule has 8 heteroatoms. The third kappa shape index (κ3) is 3.21. The van der Waals surface area contributed by atoms with E-state index in [0.29, 0.717) is 0 Å². The van der Waals surface area contributed by atoms with Crippen LogP contribution in [0, 0.1) is 11.3 Å². The maximum atomic E-state index is 9.74. The third-order valence-electron chi connectivity index (χ3n) is 3.22. The van der Waals surface area contributed by atoms with Crippen molar-refractivity contribution in [2.24, 2.45) is 0 Å². The van der Waals surface area contributed by atoms with Gasteiger partial charge in [-0.25, -0.2) is 0 Å². The molecule has 6 atom stereocenters. The predicted molar refractivity (Wildman–Crippen MR) is 60.6 cm³/mol. The highest BCUT2D eigenvalue weighted by Gasteiger charge is 2.47. The van der Waals surface area contributed by atoms with E-state index in [4.69, 9.17) is 19.8 Å². The number of ether oxygens (including phenoxy) is 2. The summed E-state index contributed by atoms with van der Waals surface area (Å²) in [7, 11) is 0. The third-order valence-corrected chi connectivity index (χ3v) is 3.22. The van der Waals surface area contributed by atoms with E-state index in [-0.39, 0.29) is 6.42 Å². The molecule has 0 spiro atoms. The van der Waals surface area contributed by atoms with Crippen molar-refractivity contribution >= 4 is 0 Å². The van der Waals surface area contributed by atoms with Crippen molar-refractivity contribution in [2.45, 2.75) is 49.7 Å². The number of hydrogen-bond acceptors (Lipinski definition) is 8. The Kier molecular flexibility index (Phi) is 5.64. The first-order chi connectivity index (χ1) is 8.94. The lowest BCUT2D eigenvalue weighted by molar-refractivity contribution is -0.322. The highest BCUT2D eigenvalue weighted by molar-refractivity contribution is 5.02. The number of nitrogens with zero attached hydrogens (tertiary/aromatic N) is 1. The first kappa shape index (κ1) is 16.3. The van der Waals surface area contributed by atoms with E-state index in [2.05, 4.69) is 0 Å². The second kappa shape index (κ2) is 6.58. The minimum atomic E-state index is -1.59. The molecule has 5 N–H and O–H groups in total. The van der Waals surface area contributed by atoms with Gasteiger partial charge in [-0.05, 0) is 6.42 Å². The molecule has 1 heterocycles. The molecule has 1 saturated heterocycles. The number of aliphatic hydroxyl groups is 5. The van der Waals surface area contributed by atoms with Crippen LogP contribution in [-0.2, 0) is 9.47 Å². The molecule has 110 valence electrons. The number of rotatable bonds is 5. The maximum Gasteiger partial charge on any atom is 0.188 e. The van der Waals surface area contributed by atoms with Crippen LogP contribution < -0.4 is 0 Å². The Morgan fingerprint density at radius 1 is 1.21 bits per heavy atom. The van der Waals surface area contributed by atoms with Crippen molar-refractivity contribution in [3.05, 3.63) is 0 Å². The van der Waals surface area contributed by atoms with E-state index in [1.807, 2.05) is 0 Å². The summed E-state index contributed by atoms with van der Waals surface area (Å²) in [5, 5.41) is 56.1. The molecular weight excluding hydrogens is 258 g/mol. The SMILES string of the molecule is CCC(C#N)(CO)O[C@@H]1O[C@H](CO)[C@@H](O)[C@H](O)[C@H]1O. The van der Waals surface area contributed by atoms with Crippen molar-refractivity contribution in [3.8, 4) is 6.07 Å². The lowest BCUT2D eigenvalue weighted by atomic mass is 9.98. The van der Waals surface area contributed by atoms with Crippen LogP contribution in [0.5, 0.6) is 0 Å². The zero-order valence-electron chi connectivity index (χ0n) is 10.5. The number of aliphatic hydroxyl groups excluding tert-OH is 5. The predicted octanol–water partition coefficient (Wildman–Crippen LogP) is -2.53. The van der Waals surface area contributed by atoms with Gasteiger partial charge in [-0.15, -0.1) is 0 Å². The van der Waals surface area contributed by atoms with Crippen molar-refractivity contribution in [1.82, 2.24) is 0 Å². The Hall–Kier alpha value is -0.790. The average Bonchev–Trinajstić information content (AvgIpc) is 2.45. The topological polar surface area (TPSA) is 143 Å². The fourth-order valence-electron chi connectivity index (χ4n) is 1.76. The van der Waals surface area contributed by atoms with Gasteiger partial charge in [0, 0.05) is 0 Å². The van der Waals surface area contributed by atoms with E-state index >= 15 is 0 Å². The Morgan fingerprint density at radius 3 is 2.26 bits per heavy atom. The first-order valence-electron chi connectivity index (χ1n) is 5.95. The Bertz CT molecular complexity index is 325. The van der Waals surface area contributed by atoms with Crippen LogP contribution in [0.1, 0.15) is 13.3 Å². The molecule has 0 aliphatic carbocycles. The molecule has 1 fully saturated rings. The monoisotopic (exact) mass is 277 g/mol. The van der Waals surface area contributed by atoms with Crippen LogP contribution in [-0.4, -0.2) is 75.1 Å². The summed E-state index contributed by atoms with van der Waals surface area (Å²) in [4.78, 5) is 0. The molecular formula is C11H19NO7. The minimum absolute atomic E-state index is 0.134. The van der Waals surface area contributed by atoms with Crippen LogP contribution >= 0.6 is 0 Å². The average molecular weight is 277 g/mol. The van der Waals surface area contributed by atoms with E-state index in [1.54, 1.807) is 13.0 Å². The summed E-state index contributed by atoms with van der Waals surface area (Å²) in [5.74, 6) is 0. The summed E-state index contributed by atoms with van der Waals surface area (Å²) in [6.45, 7) is 0.397. The fourth-order valence-corrected chi connectivity index (χ4v) is 1.76. The molecule has 1 unspecified atom stereocenters. The van der Waals surface area contributed by atoms with Crippen LogP contribution in [0.25, 0.3) is 0 Å². The van der Waals surface area contributed by atoms with E-state index in [0.717, 1.165) is 0 Å². The highest BCUT2D eigenvalue weighted by atomic mass is 16.7. The van der Waals surface area contributed by atoms with Crippen LogP contribution in [0.3, 0.4) is 0 Å². The molecule has 0 bridgehead atoms. The van der Waals surface area contributed by atoms with Crippen molar-refractivity contribution in [2.75, 3.05) is 13.2 Å². The number of nitriles is 1. The maximum absolute atomic E-state index is 9.74. The number of hydrogen-bond donors (Lipinski definition) is 5. The standard InChI is InChI=1S/C11H19NO7/c1-2-11(4-12,5-14)19-10-9(17)8(16)7(15)6(3-13)18-10/h6-10,13-17H,2-3,5H2,1H3/t6-,7-,8+,9-,10+,11?/m1/s1. The van der Waals surface area contributed by atoms with Crippen LogP contribution in [0.4, 0.5) is 0 Å². The van der Waals surface area contributed by atoms with Gasteiger partial charge in [0.1, 0.15) is 30.5 Å². The van der Waals surface area contributed by atoms with Crippen molar-refractivity contribution in [1.29, 1.82) is 5.26 Å². The van der Waals surface area contributed by atoms with Gasteiger partial charge < -0.3 is 35.0 Å². The van der Waals surface area contributed by atoms with E-state index in [9.17, 15) is 20.4 Å². The van der Waals surface area contributed by atoms with Gasteiger partial charge in [-0.2, -0.15) is 5.26 Å². The van der Waals surface area contributed by atoms with Gasteiger partial charge in [0.05, 0.1) is 13.2 Å². The van der Waals surface area contributed by atoms with Gasteiger partial charge in [-0.3, -0.25) is 0 Å². The summed E-state index contributed by atoms with van der Waals surface area (Å²) < 4.78 is 10.3. The lowest BCUT2D eigenvalue weighted by Gasteiger charge is -2.42. The molecule has 1 aliphatic rings. The largest absolute Gasteiger partial charge is 0.394 e. The van der Waals surface area contributed by atoms with Crippen molar-refractivity contribution < 1.29 is 35.0 Å². The minimum Gasteiger partial charge on any atom is -0.394 e. The van der Waals surface area contributed by atoms with Crippen LogP contribution in [0.2, 0.25) is 0 Å². The molecule has 0 aromatic heterocycles. The second-order valence-corrected chi connectivity index (χ2v) is 4.43. The molecule has 19 heavy (non-hydrogen) atoms. The molecule has 0 amide bonds. The molecule has 0 radical (unpaired) electrons. The lowest BCUT2D eigenvalue weighted by Crippen LogP contribution is -2.61. The molecule has 1 rings (SSSR count). The summed E-state index contributed by atoms with van der Waals surface area (Å²) >= 11 is 0. The first-order valence-corrected chi connectivity index (χ1v) is 5.95. The van der Waals surface area contributed by atoms with E-state index < -0.39 is 49.5 Å². The normalized spacial score (nSPS) is 38.5. The molecule has 0 saturated carbocycles. The Balaban J connectivity index is 2.85. The molecule has 1 aliphatic heterocycles. The smallest absolute Gasteiger partial charge is 0.188 e. The molecule has 0 aromatic rings. The summed E-state index contributed by atoms with van der Waals surface area (Å²) in [6, 6.07) is 1.77. The molecule has 8 nitrogen and oxygen atoms in total. The fraction of sp³-hybridized carbons (Fsp3) is 0.909. The quantitative estimate of drug-likeness (QED) is 0.370. The van der Waals surface area contributed by atoms with Gasteiger partial charge >= 0.3 is 0 Å². The van der Waals surface area contributed by atoms with E-state index in [1.165, 1.54) is 0 Å². The summed E-state index contributed by atoms with van der Waals surface area (Å²) in [6.07, 6.45) is -7.08.